The molecule has 0 amide bonds. The van der Waals surface area contributed by atoms with Gasteiger partial charge in [-0.15, -0.1) is 13.2 Å². The van der Waals surface area contributed by atoms with Crippen LogP contribution in [0.1, 0.15) is 13.8 Å². The van der Waals surface area contributed by atoms with E-state index < -0.39 is 6.36 Å². The molecule has 16 heavy (non-hydrogen) atoms. The van der Waals surface area contributed by atoms with E-state index in [2.05, 4.69) is 10.8 Å². The Hall–Kier alpha value is -1.39. The third-order valence-corrected chi connectivity index (χ3v) is 1.59. The van der Waals surface area contributed by atoms with Crippen LogP contribution in [0.25, 0.3) is 0 Å². The van der Waals surface area contributed by atoms with Crippen molar-refractivity contribution in [3.63, 3.8) is 0 Å². The summed E-state index contributed by atoms with van der Waals surface area (Å²) >= 11 is 0. The van der Waals surface area contributed by atoms with Gasteiger partial charge in [0.2, 0.25) is 0 Å². The Morgan fingerprint density at radius 3 is 2.56 bits per heavy atom. The highest BCUT2D eigenvalue weighted by molar-refractivity contribution is 5.39. The fraction of sp³-hybridized carbons (Fsp3) is 0.455. The van der Waals surface area contributed by atoms with Crippen molar-refractivity contribution in [3.8, 4) is 11.5 Å². The Balaban J connectivity index is 2.75. The minimum absolute atomic E-state index is 0.0739. The van der Waals surface area contributed by atoms with E-state index in [4.69, 9.17) is 4.74 Å². The summed E-state index contributed by atoms with van der Waals surface area (Å²) in [4.78, 5) is 0. The zero-order valence-corrected chi connectivity index (χ0v) is 8.97. The van der Waals surface area contributed by atoms with Gasteiger partial charge in [0, 0.05) is 0 Å². The van der Waals surface area contributed by atoms with Crippen molar-refractivity contribution in [1.82, 2.24) is 0 Å². The molecule has 0 atom stereocenters. The largest absolute Gasteiger partial charge is 0.573 e. The van der Waals surface area contributed by atoms with E-state index in [1.807, 2.05) is 13.8 Å². The van der Waals surface area contributed by atoms with E-state index in [0.29, 0.717) is 6.61 Å². The molecule has 0 heterocycles. The van der Waals surface area contributed by atoms with Gasteiger partial charge in [-0.05, 0) is 24.1 Å². The van der Waals surface area contributed by atoms with Gasteiger partial charge in [0.1, 0.15) is 0 Å². The van der Waals surface area contributed by atoms with Crippen LogP contribution in [0.3, 0.4) is 0 Å². The molecule has 1 aromatic carbocycles. The lowest BCUT2D eigenvalue weighted by molar-refractivity contribution is -0.275. The summed E-state index contributed by atoms with van der Waals surface area (Å²) in [5, 5.41) is 0. The zero-order valence-electron chi connectivity index (χ0n) is 8.97. The SMILES string of the molecule is CC(C)COc1cc[c]cc1OC(F)(F)F. The van der Waals surface area contributed by atoms with Crippen molar-refractivity contribution in [2.75, 3.05) is 6.61 Å². The Labute approximate surface area is 92.0 Å². The molecule has 0 bridgehead atoms. The van der Waals surface area contributed by atoms with Gasteiger partial charge in [0.25, 0.3) is 0 Å². The summed E-state index contributed by atoms with van der Waals surface area (Å²) in [6.07, 6.45) is -4.72. The number of rotatable bonds is 4. The maximum Gasteiger partial charge on any atom is 0.573 e. The van der Waals surface area contributed by atoms with Crippen LogP contribution in [-0.4, -0.2) is 13.0 Å². The molecule has 1 rings (SSSR count). The fourth-order valence-corrected chi connectivity index (χ4v) is 0.981. The van der Waals surface area contributed by atoms with Gasteiger partial charge >= 0.3 is 6.36 Å². The Bertz CT molecular complexity index is 334. The number of alkyl halides is 3. The molecule has 1 aromatic rings. The molecule has 89 valence electrons. The monoisotopic (exact) mass is 233 g/mol. The molecule has 5 heteroatoms. The molecule has 0 unspecified atom stereocenters. The average Bonchev–Trinajstić information content (AvgIpc) is 2.14. The van der Waals surface area contributed by atoms with Gasteiger partial charge in [0.15, 0.2) is 11.5 Å². The van der Waals surface area contributed by atoms with Crippen molar-refractivity contribution in [1.29, 1.82) is 0 Å². The second-order valence-corrected chi connectivity index (χ2v) is 3.63. The van der Waals surface area contributed by atoms with E-state index in [1.165, 1.54) is 12.1 Å². The Morgan fingerprint density at radius 1 is 1.31 bits per heavy atom. The highest BCUT2D eigenvalue weighted by Crippen LogP contribution is 2.31. The van der Waals surface area contributed by atoms with Crippen LogP contribution in [0.15, 0.2) is 18.2 Å². The summed E-state index contributed by atoms with van der Waals surface area (Å²) in [5.41, 5.74) is 0. The summed E-state index contributed by atoms with van der Waals surface area (Å²) in [6, 6.07) is 6.47. The number of hydrogen-bond acceptors (Lipinski definition) is 2. The molecule has 0 N–H and O–H groups in total. The van der Waals surface area contributed by atoms with Crippen LogP contribution >= 0.6 is 0 Å². The van der Waals surface area contributed by atoms with Gasteiger partial charge in [-0.3, -0.25) is 0 Å². The standard InChI is InChI=1S/C11H12F3O2/c1-8(2)7-15-9-5-3-4-6-10(9)16-11(12,13)14/h3,5-6,8H,7H2,1-2H3. The van der Waals surface area contributed by atoms with E-state index >= 15 is 0 Å². The predicted molar refractivity (Wildman–Crippen MR) is 52.3 cm³/mol. The van der Waals surface area contributed by atoms with Crippen molar-refractivity contribution in [2.24, 2.45) is 5.92 Å². The van der Waals surface area contributed by atoms with Gasteiger partial charge in [0.05, 0.1) is 6.61 Å². The van der Waals surface area contributed by atoms with Crippen LogP contribution in [-0.2, 0) is 0 Å². The first-order chi connectivity index (χ1) is 7.38. The highest BCUT2D eigenvalue weighted by atomic mass is 19.4. The van der Waals surface area contributed by atoms with E-state index in [9.17, 15) is 13.2 Å². The summed E-state index contributed by atoms with van der Waals surface area (Å²) in [5.74, 6) is -0.0663. The molecule has 0 aliphatic rings. The first kappa shape index (κ1) is 12.7. The van der Waals surface area contributed by atoms with Crippen LogP contribution in [0, 0.1) is 12.0 Å². The maximum atomic E-state index is 12.0. The molecule has 0 aliphatic heterocycles. The zero-order chi connectivity index (χ0) is 12.2. The molecule has 0 saturated heterocycles. The average molecular weight is 233 g/mol. The number of halogens is 3. The van der Waals surface area contributed by atoms with Crippen LogP contribution < -0.4 is 9.47 Å². The van der Waals surface area contributed by atoms with Gasteiger partial charge in [-0.2, -0.15) is 0 Å². The van der Waals surface area contributed by atoms with Crippen molar-refractivity contribution < 1.29 is 22.6 Å². The molecule has 0 saturated carbocycles. The van der Waals surface area contributed by atoms with Gasteiger partial charge < -0.3 is 9.47 Å². The molecule has 0 aromatic heterocycles. The summed E-state index contributed by atoms with van der Waals surface area (Å²) < 4.78 is 45.1. The van der Waals surface area contributed by atoms with Gasteiger partial charge in [-0.25, -0.2) is 0 Å². The first-order valence-corrected chi connectivity index (χ1v) is 4.77. The fourth-order valence-electron chi connectivity index (χ4n) is 0.981. The smallest absolute Gasteiger partial charge is 0.489 e. The second kappa shape index (κ2) is 5.09. The lowest BCUT2D eigenvalue weighted by Crippen LogP contribution is -2.18. The summed E-state index contributed by atoms with van der Waals surface area (Å²) in [6.45, 7) is 4.14. The lowest BCUT2D eigenvalue weighted by atomic mass is 10.2. The quantitative estimate of drug-likeness (QED) is 0.793. The first-order valence-electron chi connectivity index (χ1n) is 4.77. The second-order valence-electron chi connectivity index (χ2n) is 3.63. The predicted octanol–water partition coefficient (Wildman–Crippen LogP) is 3.42. The minimum atomic E-state index is -4.72. The summed E-state index contributed by atoms with van der Waals surface area (Å²) in [7, 11) is 0. The molecular formula is C11H12F3O2. The Morgan fingerprint density at radius 2 is 2.00 bits per heavy atom. The van der Waals surface area contributed by atoms with Crippen LogP contribution in [0.4, 0.5) is 13.2 Å². The van der Waals surface area contributed by atoms with Crippen LogP contribution in [0.5, 0.6) is 11.5 Å². The van der Waals surface area contributed by atoms with E-state index in [-0.39, 0.29) is 17.4 Å². The maximum absolute atomic E-state index is 12.0. The molecular weight excluding hydrogens is 221 g/mol. The Kier molecular flexibility index (Phi) is 4.04. The lowest BCUT2D eigenvalue weighted by Gasteiger charge is -2.14. The van der Waals surface area contributed by atoms with Crippen molar-refractivity contribution >= 4 is 0 Å². The molecule has 2 nitrogen and oxygen atoms in total. The van der Waals surface area contributed by atoms with Crippen LogP contribution in [0.2, 0.25) is 0 Å². The molecule has 0 fully saturated rings. The minimum Gasteiger partial charge on any atom is -0.489 e. The number of hydrogen-bond donors (Lipinski definition) is 0. The number of ether oxygens (including phenoxy) is 2. The third kappa shape index (κ3) is 4.42. The molecule has 0 aliphatic carbocycles. The topological polar surface area (TPSA) is 18.5 Å². The number of benzene rings is 1. The highest BCUT2D eigenvalue weighted by Gasteiger charge is 2.32. The van der Waals surface area contributed by atoms with Gasteiger partial charge in [-0.1, -0.05) is 19.9 Å². The normalized spacial score (nSPS) is 11.6. The van der Waals surface area contributed by atoms with E-state index in [1.54, 1.807) is 0 Å². The third-order valence-electron chi connectivity index (χ3n) is 1.59. The molecule has 0 spiro atoms. The molecule has 1 radical (unpaired) electrons. The van der Waals surface area contributed by atoms with Crippen molar-refractivity contribution in [2.45, 2.75) is 20.2 Å². The van der Waals surface area contributed by atoms with E-state index in [0.717, 1.165) is 6.07 Å². The van der Waals surface area contributed by atoms with Crippen molar-refractivity contribution in [3.05, 3.63) is 24.3 Å².